The molecule has 0 aliphatic heterocycles. The molecule has 0 aliphatic carbocycles. The number of benzene rings is 3. The standard InChI is InChI=1S/C26H25N3O2/c1-18-24(19(2)29(28-18)22-12-8-5-9-13-22)26(30)27-25(20-10-6-4-7-11-20)21-14-16-23(31-3)17-15-21/h4-17,25H,1-3H3,(H,27,30)/t25-/m0/s1. The monoisotopic (exact) mass is 411 g/mol. The van der Waals surface area contributed by atoms with Gasteiger partial charge in [-0.25, -0.2) is 4.68 Å². The van der Waals surface area contributed by atoms with Gasteiger partial charge in [0.05, 0.1) is 35.8 Å². The average Bonchev–Trinajstić information content (AvgIpc) is 3.12. The van der Waals surface area contributed by atoms with E-state index in [2.05, 4.69) is 10.4 Å². The highest BCUT2D eigenvalue weighted by atomic mass is 16.5. The topological polar surface area (TPSA) is 56.1 Å². The number of carbonyl (C=O) groups excluding carboxylic acids is 1. The number of hydrogen-bond donors (Lipinski definition) is 1. The van der Waals surface area contributed by atoms with Gasteiger partial charge in [0, 0.05) is 0 Å². The van der Waals surface area contributed by atoms with E-state index in [9.17, 15) is 4.79 Å². The van der Waals surface area contributed by atoms with Crippen molar-refractivity contribution in [1.29, 1.82) is 0 Å². The fraction of sp³-hybridized carbons (Fsp3) is 0.154. The van der Waals surface area contributed by atoms with Crippen molar-refractivity contribution in [3.63, 3.8) is 0 Å². The molecule has 3 aromatic carbocycles. The van der Waals surface area contributed by atoms with Crippen molar-refractivity contribution in [2.24, 2.45) is 0 Å². The summed E-state index contributed by atoms with van der Waals surface area (Å²) in [6.45, 7) is 3.79. The SMILES string of the molecule is COc1ccc([C@@H](NC(=O)c2c(C)nn(-c3ccccc3)c2C)c2ccccc2)cc1. The summed E-state index contributed by atoms with van der Waals surface area (Å²) in [7, 11) is 1.64. The second kappa shape index (κ2) is 8.88. The molecule has 1 N–H and O–H groups in total. The number of para-hydroxylation sites is 1. The van der Waals surface area contributed by atoms with Crippen LogP contribution in [0.25, 0.3) is 5.69 Å². The van der Waals surface area contributed by atoms with Gasteiger partial charge in [-0.2, -0.15) is 5.10 Å². The third-order valence-corrected chi connectivity index (χ3v) is 5.38. The third kappa shape index (κ3) is 4.21. The van der Waals surface area contributed by atoms with Gasteiger partial charge in [-0.1, -0.05) is 60.7 Å². The molecule has 5 nitrogen and oxygen atoms in total. The van der Waals surface area contributed by atoms with E-state index in [4.69, 9.17) is 4.74 Å². The number of ether oxygens (including phenoxy) is 1. The number of rotatable bonds is 6. The number of aromatic nitrogens is 2. The van der Waals surface area contributed by atoms with Gasteiger partial charge >= 0.3 is 0 Å². The Labute approximate surface area is 182 Å². The van der Waals surface area contributed by atoms with Gasteiger partial charge < -0.3 is 10.1 Å². The van der Waals surface area contributed by atoms with Crippen LogP contribution in [0.4, 0.5) is 0 Å². The van der Waals surface area contributed by atoms with Crippen LogP contribution in [0.15, 0.2) is 84.9 Å². The van der Waals surface area contributed by atoms with E-state index in [-0.39, 0.29) is 11.9 Å². The number of aryl methyl sites for hydroxylation is 1. The lowest BCUT2D eigenvalue weighted by Crippen LogP contribution is -2.30. The van der Waals surface area contributed by atoms with Gasteiger partial charge in [-0.3, -0.25) is 4.79 Å². The molecule has 0 spiro atoms. The Bertz CT molecular complexity index is 1170. The van der Waals surface area contributed by atoms with Crippen LogP contribution in [-0.4, -0.2) is 22.8 Å². The number of carbonyl (C=O) groups is 1. The number of methoxy groups -OCH3 is 1. The van der Waals surface area contributed by atoms with E-state index < -0.39 is 0 Å². The van der Waals surface area contributed by atoms with Crippen molar-refractivity contribution >= 4 is 5.91 Å². The summed E-state index contributed by atoms with van der Waals surface area (Å²) in [6.07, 6.45) is 0. The van der Waals surface area contributed by atoms with Crippen LogP contribution in [0.3, 0.4) is 0 Å². The van der Waals surface area contributed by atoms with Crippen molar-refractivity contribution < 1.29 is 9.53 Å². The minimum atomic E-state index is -0.293. The molecule has 1 atom stereocenters. The molecule has 31 heavy (non-hydrogen) atoms. The number of nitrogens with one attached hydrogen (secondary N) is 1. The first-order chi connectivity index (χ1) is 15.1. The molecular weight excluding hydrogens is 386 g/mol. The Hall–Kier alpha value is -3.86. The largest absolute Gasteiger partial charge is 0.497 e. The molecule has 0 radical (unpaired) electrons. The fourth-order valence-corrected chi connectivity index (χ4v) is 3.80. The Kier molecular flexibility index (Phi) is 5.85. The molecule has 4 rings (SSSR count). The highest BCUT2D eigenvalue weighted by Crippen LogP contribution is 2.26. The molecule has 1 amide bonds. The lowest BCUT2D eigenvalue weighted by Gasteiger charge is -2.20. The zero-order valence-corrected chi connectivity index (χ0v) is 17.9. The smallest absolute Gasteiger partial charge is 0.255 e. The van der Waals surface area contributed by atoms with Gasteiger partial charge in [-0.05, 0) is 49.2 Å². The van der Waals surface area contributed by atoms with Crippen molar-refractivity contribution in [2.75, 3.05) is 7.11 Å². The molecule has 0 saturated heterocycles. The number of hydrogen-bond acceptors (Lipinski definition) is 3. The molecule has 5 heteroatoms. The summed E-state index contributed by atoms with van der Waals surface area (Å²) in [4.78, 5) is 13.4. The van der Waals surface area contributed by atoms with Crippen LogP contribution in [0, 0.1) is 13.8 Å². The molecular formula is C26H25N3O2. The minimum Gasteiger partial charge on any atom is -0.497 e. The van der Waals surface area contributed by atoms with Gasteiger partial charge in [0.2, 0.25) is 0 Å². The number of amides is 1. The highest BCUT2D eigenvalue weighted by Gasteiger charge is 2.23. The lowest BCUT2D eigenvalue weighted by atomic mass is 9.98. The summed E-state index contributed by atoms with van der Waals surface area (Å²) in [5.74, 6) is 0.625. The highest BCUT2D eigenvalue weighted by molar-refractivity contribution is 5.97. The van der Waals surface area contributed by atoms with Crippen LogP contribution >= 0.6 is 0 Å². The van der Waals surface area contributed by atoms with Crippen molar-refractivity contribution in [1.82, 2.24) is 15.1 Å². The molecule has 0 aliphatic rings. The maximum absolute atomic E-state index is 13.4. The van der Waals surface area contributed by atoms with Gasteiger partial charge in [-0.15, -0.1) is 0 Å². The predicted octanol–water partition coefficient (Wildman–Crippen LogP) is 5.02. The maximum Gasteiger partial charge on any atom is 0.255 e. The van der Waals surface area contributed by atoms with Crippen molar-refractivity contribution in [3.05, 3.63) is 113 Å². The zero-order valence-electron chi connectivity index (χ0n) is 17.9. The average molecular weight is 412 g/mol. The Balaban J connectivity index is 1.69. The molecule has 4 aromatic rings. The summed E-state index contributed by atoms with van der Waals surface area (Å²) in [6, 6.07) is 27.2. The van der Waals surface area contributed by atoms with E-state index in [1.165, 1.54) is 0 Å². The normalized spacial score (nSPS) is 11.7. The summed E-state index contributed by atoms with van der Waals surface area (Å²) in [5, 5.41) is 7.83. The molecule has 0 saturated carbocycles. The fourth-order valence-electron chi connectivity index (χ4n) is 3.80. The van der Waals surface area contributed by atoms with E-state index in [0.717, 1.165) is 28.3 Å². The van der Waals surface area contributed by atoms with Gasteiger partial charge in [0.15, 0.2) is 0 Å². The van der Waals surface area contributed by atoms with E-state index in [1.54, 1.807) is 7.11 Å². The molecule has 156 valence electrons. The van der Waals surface area contributed by atoms with Crippen LogP contribution in [0.1, 0.15) is 38.9 Å². The molecule has 1 aromatic heterocycles. The summed E-state index contributed by atoms with van der Waals surface area (Å²) in [5.41, 5.74) is 5.01. The van der Waals surface area contributed by atoms with Crippen LogP contribution in [0.5, 0.6) is 5.75 Å². The molecule has 1 heterocycles. The zero-order chi connectivity index (χ0) is 21.8. The van der Waals surface area contributed by atoms with Crippen LogP contribution < -0.4 is 10.1 Å². The lowest BCUT2D eigenvalue weighted by molar-refractivity contribution is 0.0941. The Morgan fingerprint density at radius 3 is 2.06 bits per heavy atom. The minimum absolute atomic E-state index is 0.151. The number of nitrogens with zero attached hydrogens (tertiary/aromatic N) is 2. The quantitative estimate of drug-likeness (QED) is 0.485. The molecule has 0 bridgehead atoms. The first kappa shape index (κ1) is 20.4. The second-order valence-electron chi connectivity index (χ2n) is 7.38. The van der Waals surface area contributed by atoms with E-state index in [0.29, 0.717) is 11.3 Å². The summed E-state index contributed by atoms with van der Waals surface area (Å²) < 4.78 is 7.10. The van der Waals surface area contributed by atoms with Crippen molar-refractivity contribution in [2.45, 2.75) is 19.9 Å². The van der Waals surface area contributed by atoms with Gasteiger partial charge in [0.1, 0.15) is 5.75 Å². The van der Waals surface area contributed by atoms with E-state index >= 15 is 0 Å². The van der Waals surface area contributed by atoms with Crippen LogP contribution in [-0.2, 0) is 0 Å². The Morgan fingerprint density at radius 1 is 0.871 bits per heavy atom. The molecule has 0 unspecified atom stereocenters. The summed E-state index contributed by atoms with van der Waals surface area (Å²) >= 11 is 0. The Morgan fingerprint density at radius 2 is 1.45 bits per heavy atom. The first-order valence-electron chi connectivity index (χ1n) is 10.2. The van der Waals surface area contributed by atoms with E-state index in [1.807, 2.05) is 103 Å². The second-order valence-corrected chi connectivity index (χ2v) is 7.38. The van der Waals surface area contributed by atoms with Crippen LogP contribution in [0.2, 0.25) is 0 Å². The van der Waals surface area contributed by atoms with Crippen molar-refractivity contribution in [3.8, 4) is 11.4 Å². The predicted molar refractivity (Wildman–Crippen MR) is 122 cm³/mol. The maximum atomic E-state index is 13.4. The third-order valence-electron chi connectivity index (χ3n) is 5.38. The first-order valence-corrected chi connectivity index (χ1v) is 10.2. The molecule has 0 fully saturated rings. The van der Waals surface area contributed by atoms with Gasteiger partial charge in [0.25, 0.3) is 5.91 Å².